The van der Waals surface area contributed by atoms with Gasteiger partial charge in [0.2, 0.25) is 0 Å². The Morgan fingerprint density at radius 1 is 1.42 bits per heavy atom. The van der Waals surface area contributed by atoms with Crippen LogP contribution in [0.2, 0.25) is 0 Å². The van der Waals surface area contributed by atoms with Crippen molar-refractivity contribution in [1.29, 1.82) is 0 Å². The Balaban J connectivity index is 1.72. The Morgan fingerprint density at radius 3 is 3.05 bits per heavy atom. The number of imidazole rings is 1. The molecule has 108 valence electrons. The van der Waals surface area contributed by atoms with Crippen LogP contribution in [-0.2, 0) is 11.3 Å². The first-order valence-electron chi connectivity index (χ1n) is 7.26. The number of hydrogen-bond acceptors (Lipinski definition) is 4. The van der Waals surface area contributed by atoms with E-state index < -0.39 is 0 Å². The van der Waals surface area contributed by atoms with Crippen molar-refractivity contribution in [2.24, 2.45) is 0 Å². The van der Waals surface area contributed by atoms with E-state index in [1.807, 2.05) is 18.7 Å². The average Bonchev–Trinajstić information content (AvgIpc) is 2.91. The lowest BCUT2D eigenvalue weighted by atomic mass is 10.2. The molecule has 2 rings (SSSR count). The maximum absolute atomic E-state index is 5.60. The van der Waals surface area contributed by atoms with Gasteiger partial charge in [0.15, 0.2) is 0 Å². The number of nitrogens with one attached hydrogen (secondary N) is 1. The van der Waals surface area contributed by atoms with Crippen molar-refractivity contribution < 1.29 is 4.74 Å². The van der Waals surface area contributed by atoms with Crippen LogP contribution in [0.15, 0.2) is 18.7 Å². The van der Waals surface area contributed by atoms with E-state index in [4.69, 9.17) is 4.74 Å². The second-order valence-corrected chi connectivity index (χ2v) is 5.48. The summed E-state index contributed by atoms with van der Waals surface area (Å²) in [4.78, 5) is 6.62. The predicted octanol–water partition coefficient (Wildman–Crippen LogP) is 0.972. The highest BCUT2D eigenvalue weighted by Crippen LogP contribution is 2.08. The highest BCUT2D eigenvalue weighted by atomic mass is 16.5. The van der Waals surface area contributed by atoms with E-state index in [9.17, 15) is 0 Å². The van der Waals surface area contributed by atoms with E-state index in [0.717, 1.165) is 45.8 Å². The van der Waals surface area contributed by atoms with Gasteiger partial charge in [-0.25, -0.2) is 4.98 Å². The molecule has 1 saturated heterocycles. The van der Waals surface area contributed by atoms with Crippen LogP contribution in [0.3, 0.4) is 0 Å². The van der Waals surface area contributed by atoms with Crippen LogP contribution in [0.4, 0.5) is 0 Å². The van der Waals surface area contributed by atoms with Gasteiger partial charge in [0, 0.05) is 50.7 Å². The normalized spacial score (nSPS) is 21.1. The number of ether oxygens (including phenoxy) is 1. The fourth-order valence-electron chi connectivity index (χ4n) is 2.42. The van der Waals surface area contributed by atoms with Gasteiger partial charge in [-0.1, -0.05) is 13.8 Å². The minimum atomic E-state index is 0.513. The van der Waals surface area contributed by atoms with Crippen LogP contribution in [0.5, 0.6) is 0 Å². The van der Waals surface area contributed by atoms with E-state index in [2.05, 4.69) is 33.6 Å². The molecule has 1 unspecified atom stereocenters. The molecule has 5 nitrogen and oxygen atoms in total. The van der Waals surface area contributed by atoms with Crippen molar-refractivity contribution in [1.82, 2.24) is 19.8 Å². The molecular formula is C14H26N4O. The zero-order valence-electron chi connectivity index (χ0n) is 12.1. The first-order valence-corrected chi connectivity index (χ1v) is 7.26. The van der Waals surface area contributed by atoms with Crippen LogP contribution in [-0.4, -0.2) is 59.4 Å². The van der Waals surface area contributed by atoms with Gasteiger partial charge in [-0.2, -0.15) is 0 Å². The summed E-state index contributed by atoms with van der Waals surface area (Å²) in [5, 5.41) is 3.51. The average molecular weight is 266 g/mol. The van der Waals surface area contributed by atoms with Crippen molar-refractivity contribution in [3.05, 3.63) is 18.7 Å². The standard InChI is InChI=1S/C14H26N4O/c1-13(2)16-10-14-11-19-9-8-18(14)6-3-5-17-7-4-15-12-17/h4,7,12-14,16H,3,5-6,8-11H2,1-2H3. The summed E-state index contributed by atoms with van der Waals surface area (Å²) >= 11 is 0. The van der Waals surface area contributed by atoms with Crippen LogP contribution in [0.25, 0.3) is 0 Å². The fraction of sp³-hybridized carbons (Fsp3) is 0.786. The lowest BCUT2D eigenvalue weighted by Gasteiger charge is -2.36. The molecule has 0 bridgehead atoms. The van der Waals surface area contributed by atoms with Crippen LogP contribution in [0, 0.1) is 0 Å². The molecule has 0 amide bonds. The van der Waals surface area contributed by atoms with Gasteiger partial charge in [0.25, 0.3) is 0 Å². The largest absolute Gasteiger partial charge is 0.378 e. The van der Waals surface area contributed by atoms with E-state index in [-0.39, 0.29) is 0 Å². The molecule has 1 aromatic rings. The van der Waals surface area contributed by atoms with Crippen LogP contribution < -0.4 is 5.32 Å². The van der Waals surface area contributed by atoms with Gasteiger partial charge >= 0.3 is 0 Å². The second kappa shape index (κ2) is 7.62. The van der Waals surface area contributed by atoms with E-state index in [0.29, 0.717) is 12.1 Å². The molecule has 5 heteroatoms. The molecule has 0 saturated carbocycles. The molecule has 1 aliphatic rings. The van der Waals surface area contributed by atoms with Gasteiger partial charge in [-0.05, 0) is 6.42 Å². The third kappa shape index (κ3) is 4.93. The van der Waals surface area contributed by atoms with Gasteiger partial charge in [-0.3, -0.25) is 4.90 Å². The van der Waals surface area contributed by atoms with Crippen molar-refractivity contribution in [2.45, 2.75) is 38.9 Å². The number of aromatic nitrogens is 2. The molecule has 1 N–H and O–H groups in total. The zero-order chi connectivity index (χ0) is 13.5. The predicted molar refractivity (Wildman–Crippen MR) is 76.2 cm³/mol. The third-order valence-electron chi connectivity index (χ3n) is 3.53. The summed E-state index contributed by atoms with van der Waals surface area (Å²) in [7, 11) is 0. The first-order chi connectivity index (χ1) is 9.25. The lowest BCUT2D eigenvalue weighted by molar-refractivity contribution is -0.00815. The number of nitrogens with zero attached hydrogens (tertiary/aromatic N) is 3. The Kier molecular flexibility index (Phi) is 5.82. The highest BCUT2D eigenvalue weighted by Gasteiger charge is 2.22. The Bertz CT molecular complexity index is 339. The number of hydrogen-bond donors (Lipinski definition) is 1. The minimum absolute atomic E-state index is 0.513. The first kappa shape index (κ1) is 14.5. The number of aryl methyl sites for hydroxylation is 1. The van der Waals surface area contributed by atoms with Crippen molar-refractivity contribution >= 4 is 0 Å². The smallest absolute Gasteiger partial charge is 0.0945 e. The maximum atomic E-state index is 5.60. The molecule has 0 aromatic carbocycles. The quantitative estimate of drug-likeness (QED) is 0.798. The van der Waals surface area contributed by atoms with E-state index in [1.54, 1.807) is 0 Å². The lowest BCUT2D eigenvalue weighted by Crippen LogP contribution is -2.51. The van der Waals surface area contributed by atoms with E-state index >= 15 is 0 Å². The number of rotatable bonds is 7. The Morgan fingerprint density at radius 2 is 2.32 bits per heavy atom. The van der Waals surface area contributed by atoms with Crippen LogP contribution >= 0.6 is 0 Å². The summed E-state index contributed by atoms with van der Waals surface area (Å²) in [6.07, 6.45) is 6.91. The van der Waals surface area contributed by atoms with Gasteiger partial charge in [0.1, 0.15) is 0 Å². The van der Waals surface area contributed by atoms with Crippen molar-refractivity contribution in [3.63, 3.8) is 0 Å². The topological polar surface area (TPSA) is 42.3 Å². The molecule has 0 spiro atoms. The molecule has 0 aliphatic carbocycles. The Hall–Kier alpha value is -0.910. The summed E-state index contributed by atoms with van der Waals surface area (Å²) in [6.45, 7) is 10.3. The third-order valence-corrected chi connectivity index (χ3v) is 3.53. The molecule has 1 atom stereocenters. The highest BCUT2D eigenvalue weighted by molar-refractivity contribution is 4.79. The maximum Gasteiger partial charge on any atom is 0.0945 e. The van der Waals surface area contributed by atoms with Crippen molar-refractivity contribution in [2.75, 3.05) is 32.8 Å². The molecule has 1 aliphatic heterocycles. The van der Waals surface area contributed by atoms with E-state index in [1.165, 1.54) is 0 Å². The summed E-state index contributed by atoms with van der Waals surface area (Å²) in [5.41, 5.74) is 0. The summed E-state index contributed by atoms with van der Waals surface area (Å²) in [6, 6.07) is 1.05. The molecule has 0 radical (unpaired) electrons. The monoisotopic (exact) mass is 266 g/mol. The second-order valence-electron chi connectivity index (χ2n) is 5.48. The SMILES string of the molecule is CC(C)NCC1COCCN1CCCn1ccnc1. The van der Waals surface area contributed by atoms with Crippen molar-refractivity contribution in [3.8, 4) is 0 Å². The molecule has 19 heavy (non-hydrogen) atoms. The molecular weight excluding hydrogens is 240 g/mol. The fourth-order valence-corrected chi connectivity index (χ4v) is 2.42. The van der Waals surface area contributed by atoms with Gasteiger partial charge < -0.3 is 14.6 Å². The van der Waals surface area contributed by atoms with Gasteiger partial charge in [0.05, 0.1) is 19.5 Å². The number of morpholine rings is 1. The molecule has 1 aromatic heterocycles. The minimum Gasteiger partial charge on any atom is -0.378 e. The molecule has 1 fully saturated rings. The zero-order valence-corrected chi connectivity index (χ0v) is 12.1. The van der Waals surface area contributed by atoms with Gasteiger partial charge in [-0.15, -0.1) is 0 Å². The summed E-state index contributed by atoms with van der Waals surface area (Å²) in [5.74, 6) is 0. The Labute approximate surface area is 116 Å². The van der Waals surface area contributed by atoms with Crippen LogP contribution in [0.1, 0.15) is 20.3 Å². The molecule has 2 heterocycles. The summed E-state index contributed by atoms with van der Waals surface area (Å²) < 4.78 is 7.74.